The van der Waals surface area contributed by atoms with Crippen molar-refractivity contribution in [3.8, 4) is 0 Å². The van der Waals surface area contributed by atoms with E-state index in [2.05, 4.69) is 24.1 Å². The Bertz CT molecular complexity index is 1280. The van der Waals surface area contributed by atoms with Gasteiger partial charge in [0.1, 0.15) is 11.4 Å². The number of aromatic nitrogens is 1. The van der Waals surface area contributed by atoms with E-state index in [0.29, 0.717) is 41.9 Å². The van der Waals surface area contributed by atoms with Crippen molar-refractivity contribution < 1.29 is 18.0 Å². The highest BCUT2D eigenvalue weighted by atomic mass is 19.4. The quantitative estimate of drug-likeness (QED) is 0.517. The fourth-order valence-electron chi connectivity index (χ4n) is 4.49. The van der Waals surface area contributed by atoms with E-state index in [-0.39, 0.29) is 11.9 Å². The molecule has 9 heteroatoms. The number of guanidine groups is 1. The third kappa shape index (κ3) is 4.15. The van der Waals surface area contributed by atoms with Crippen molar-refractivity contribution in [3.63, 3.8) is 0 Å². The van der Waals surface area contributed by atoms with Crippen molar-refractivity contribution in [2.45, 2.75) is 32.6 Å². The Morgan fingerprint density at radius 3 is 2.40 bits per heavy atom. The van der Waals surface area contributed by atoms with Crippen LogP contribution in [0.5, 0.6) is 0 Å². The predicted molar refractivity (Wildman–Crippen MR) is 130 cm³/mol. The van der Waals surface area contributed by atoms with Gasteiger partial charge in [-0.05, 0) is 35.7 Å². The number of aliphatic imine (C=N–C) groups is 1. The van der Waals surface area contributed by atoms with Crippen molar-refractivity contribution in [3.05, 3.63) is 77.5 Å². The molecule has 5 rings (SSSR count). The van der Waals surface area contributed by atoms with E-state index in [0.717, 1.165) is 23.5 Å². The van der Waals surface area contributed by atoms with Gasteiger partial charge in [0.2, 0.25) is 5.96 Å². The molecule has 6 nitrogen and oxygen atoms in total. The molecule has 0 saturated carbocycles. The summed E-state index contributed by atoms with van der Waals surface area (Å²) in [5, 5.41) is 3.37. The monoisotopic (exact) mass is 481 g/mol. The van der Waals surface area contributed by atoms with Crippen molar-refractivity contribution in [2.24, 2.45) is 10.9 Å². The second-order valence-corrected chi connectivity index (χ2v) is 9.27. The molecule has 35 heavy (non-hydrogen) atoms. The Balaban J connectivity index is 1.58. The second kappa shape index (κ2) is 8.48. The van der Waals surface area contributed by atoms with Crippen LogP contribution in [0, 0.1) is 5.92 Å². The van der Waals surface area contributed by atoms with Gasteiger partial charge in [-0.2, -0.15) is 13.2 Å². The van der Waals surface area contributed by atoms with Crippen molar-refractivity contribution in [1.29, 1.82) is 0 Å². The first-order valence-corrected chi connectivity index (χ1v) is 11.5. The van der Waals surface area contributed by atoms with E-state index in [1.165, 1.54) is 12.1 Å². The molecule has 0 bridgehead atoms. The molecular weight excluding hydrogens is 455 g/mol. The highest BCUT2D eigenvalue weighted by molar-refractivity contribution is 6.21. The third-order valence-electron chi connectivity index (χ3n) is 6.50. The number of halogens is 3. The third-order valence-corrected chi connectivity index (χ3v) is 6.50. The molecule has 2 aliphatic heterocycles. The van der Waals surface area contributed by atoms with Crippen LogP contribution in [0.2, 0.25) is 0 Å². The van der Waals surface area contributed by atoms with Crippen LogP contribution in [0.1, 0.15) is 35.3 Å². The molecule has 1 aromatic heterocycles. The summed E-state index contributed by atoms with van der Waals surface area (Å²) in [5.74, 6) is 1.36. The zero-order valence-corrected chi connectivity index (χ0v) is 19.7. The highest BCUT2D eigenvalue weighted by Gasteiger charge is 2.42. The first kappa shape index (κ1) is 23.0. The first-order valence-electron chi connectivity index (χ1n) is 11.5. The minimum absolute atomic E-state index is 0.0648. The lowest BCUT2D eigenvalue weighted by Crippen LogP contribution is -2.47. The minimum atomic E-state index is -4.39. The highest BCUT2D eigenvalue weighted by Crippen LogP contribution is 2.40. The van der Waals surface area contributed by atoms with Gasteiger partial charge in [0.25, 0.3) is 5.91 Å². The average molecular weight is 482 g/mol. The second-order valence-electron chi connectivity index (χ2n) is 9.27. The summed E-state index contributed by atoms with van der Waals surface area (Å²) >= 11 is 0. The summed E-state index contributed by atoms with van der Waals surface area (Å²) in [7, 11) is 1.72. The smallest absolute Gasteiger partial charge is 0.341 e. The molecule has 0 saturated heterocycles. The Hall–Kier alpha value is -3.75. The lowest BCUT2D eigenvalue weighted by atomic mass is 10.1. The lowest BCUT2D eigenvalue weighted by Gasteiger charge is -2.32. The lowest BCUT2D eigenvalue weighted by molar-refractivity contribution is -0.137. The summed E-state index contributed by atoms with van der Waals surface area (Å²) < 4.78 is 41.0. The summed E-state index contributed by atoms with van der Waals surface area (Å²) in [6.45, 7) is 5.17. The Morgan fingerprint density at radius 1 is 1.09 bits per heavy atom. The van der Waals surface area contributed by atoms with Gasteiger partial charge >= 0.3 is 6.18 Å². The fourth-order valence-corrected chi connectivity index (χ4v) is 4.49. The van der Waals surface area contributed by atoms with Crippen molar-refractivity contribution >= 4 is 29.1 Å². The van der Waals surface area contributed by atoms with Crippen LogP contribution in [0.4, 0.5) is 30.4 Å². The van der Waals surface area contributed by atoms with Crippen LogP contribution in [-0.4, -0.2) is 41.0 Å². The molecular formula is C26H26F3N5O. The molecule has 0 radical (unpaired) electrons. The van der Waals surface area contributed by atoms with Crippen molar-refractivity contribution in [1.82, 2.24) is 9.47 Å². The molecule has 3 heterocycles. The van der Waals surface area contributed by atoms with Crippen LogP contribution in [-0.2, 0) is 12.7 Å². The van der Waals surface area contributed by atoms with Gasteiger partial charge in [0.05, 0.1) is 17.3 Å². The zero-order chi connectivity index (χ0) is 24.9. The van der Waals surface area contributed by atoms with Gasteiger partial charge in [-0.1, -0.05) is 44.2 Å². The van der Waals surface area contributed by atoms with Gasteiger partial charge in [-0.25, -0.2) is 4.99 Å². The minimum Gasteiger partial charge on any atom is -0.341 e. The summed E-state index contributed by atoms with van der Waals surface area (Å²) in [5.41, 5.74) is 2.08. The normalized spacial score (nSPS) is 17.5. The molecule has 1 N–H and O–H groups in total. The molecule has 182 valence electrons. The number of nitrogens with one attached hydrogen (secondary N) is 1. The van der Waals surface area contributed by atoms with E-state index < -0.39 is 11.7 Å². The van der Waals surface area contributed by atoms with Crippen LogP contribution in [0.25, 0.3) is 0 Å². The number of fused-ring (bicyclic) bond motifs is 3. The molecule has 2 aliphatic rings. The van der Waals surface area contributed by atoms with E-state index in [1.807, 2.05) is 41.1 Å². The Morgan fingerprint density at radius 2 is 1.77 bits per heavy atom. The largest absolute Gasteiger partial charge is 0.416 e. The number of benzene rings is 2. The summed E-state index contributed by atoms with van der Waals surface area (Å²) in [4.78, 5) is 21.9. The van der Waals surface area contributed by atoms with E-state index in [1.54, 1.807) is 11.9 Å². The molecule has 0 aliphatic carbocycles. The zero-order valence-electron chi connectivity index (χ0n) is 19.7. The number of hydrogen-bond acceptors (Lipinski definition) is 4. The fraction of sp³-hybridized carbons (Fsp3) is 0.308. The number of nitrogens with zero attached hydrogens (tertiary/aromatic N) is 4. The van der Waals surface area contributed by atoms with Crippen LogP contribution in [0.15, 0.2) is 65.8 Å². The van der Waals surface area contributed by atoms with Crippen LogP contribution >= 0.6 is 0 Å². The number of carbonyl (C=O) groups excluding carboxylic acids is 1. The molecule has 0 spiro atoms. The molecule has 1 amide bonds. The average Bonchev–Trinajstić information content (AvgIpc) is 3.41. The molecule has 3 aromatic rings. The maximum Gasteiger partial charge on any atom is 0.416 e. The number of para-hydroxylation sites is 1. The molecule has 0 fully saturated rings. The van der Waals surface area contributed by atoms with Gasteiger partial charge in [0, 0.05) is 32.0 Å². The van der Waals surface area contributed by atoms with Gasteiger partial charge < -0.3 is 14.8 Å². The standard InChI is InChI=1S/C26H26F3N5O/c1-16(2)20-14-34-21-15-33(13-17-9-11-18(12-10-17)26(27,28)29)23(30-19-7-5-4-6-8-19)22(21)24(35)32(3)25(34)31-20/h4-12,15-16,20,30H,13-14H2,1-3H3/t20-/m0/s1. The number of anilines is 3. The first-order chi connectivity index (χ1) is 16.6. The number of alkyl halides is 3. The van der Waals surface area contributed by atoms with E-state index in [9.17, 15) is 18.0 Å². The number of hydrogen-bond donors (Lipinski definition) is 1. The molecule has 1 atom stereocenters. The Kier molecular flexibility index (Phi) is 5.57. The van der Waals surface area contributed by atoms with Gasteiger partial charge in [-0.15, -0.1) is 0 Å². The van der Waals surface area contributed by atoms with Crippen LogP contribution in [0.3, 0.4) is 0 Å². The topological polar surface area (TPSA) is 52.9 Å². The SMILES string of the molecule is CC(C)[C@@H]1CN2C(=N1)N(C)C(=O)c1c2cn(Cc2ccc(C(F)(F)F)cc2)c1Nc1ccccc1. The Labute approximate surface area is 201 Å². The molecule has 0 unspecified atom stereocenters. The van der Waals surface area contributed by atoms with E-state index >= 15 is 0 Å². The maximum absolute atomic E-state index is 13.5. The number of rotatable bonds is 5. The summed E-state index contributed by atoms with van der Waals surface area (Å²) in [6, 6.07) is 14.7. The van der Waals surface area contributed by atoms with Gasteiger partial charge in [-0.3, -0.25) is 9.69 Å². The summed E-state index contributed by atoms with van der Waals surface area (Å²) in [6.07, 6.45) is -2.50. The van der Waals surface area contributed by atoms with Crippen molar-refractivity contribution in [2.75, 3.05) is 23.8 Å². The number of amides is 1. The molecule has 2 aromatic carbocycles. The maximum atomic E-state index is 13.5. The van der Waals surface area contributed by atoms with E-state index in [4.69, 9.17) is 4.99 Å². The number of carbonyl (C=O) groups is 1. The predicted octanol–water partition coefficient (Wildman–Crippen LogP) is 5.59. The van der Waals surface area contributed by atoms with Gasteiger partial charge in [0.15, 0.2) is 0 Å². The van der Waals surface area contributed by atoms with Crippen LogP contribution < -0.4 is 10.2 Å².